The van der Waals surface area contributed by atoms with E-state index in [-0.39, 0.29) is 6.16 Å². The van der Waals surface area contributed by atoms with E-state index < -0.39 is 7.60 Å². The summed E-state index contributed by atoms with van der Waals surface area (Å²) in [7, 11) is -3.90. The minimum atomic E-state index is -3.90. The van der Waals surface area contributed by atoms with Gasteiger partial charge in [0.05, 0.1) is 12.8 Å². The average Bonchev–Trinajstić information content (AvgIpc) is 2.74. The van der Waals surface area contributed by atoms with Gasteiger partial charge in [0.25, 0.3) is 0 Å². The van der Waals surface area contributed by atoms with Gasteiger partial charge in [-0.05, 0) is 47.4 Å². The second-order valence-electron chi connectivity index (χ2n) is 7.23. The molecule has 3 rings (SSSR count). The lowest BCUT2D eigenvalue weighted by Crippen LogP contribution is -2.15. The molecular formula is C24H28NO4P. The minimum Gasteiger partial charge on any atom is -0.493 e. The molecule has 0 spiro atoms. The molecule has 5 nitrogen and oxygen atoms in total. The summed E-state index contributed by atoms with van der Waals surface area (Å²) in [5, 5.41) is 3.22. The third-order valence-electron chi connectivity index (χ3n) is 4.76. The smallest absolute Gasteiger partial charge is 0.325 e. The van der Waals surface area contributed by atoms with Crippen molar-refractivity contribution >= 4 is 7.60 Å². The van der Waals surface area contributed by atoms with E-state index in [1.54, 1.807) is 0 Å². The van der Waals surface area contributed by atoms with Crippen LogP contribution in [0.3, 0.4) is 0 Å². The first-order valence-corrected chi connectivity index (χ1v) is 11.9. The Morgan fingerprint density at radius 3 is 2.33 bits per heavy atom. The molecule has 0 bridgehead atoms. The Kier molecular flexibility index (Phi) is 8.23. The van der Waals surface area contributed by atoms with Crippen molar-refractivity contribution in [3.05, 3.63) is 90.0 Å². The van der Waals surface area contributed by atoms with E-state index >= 15 is 0 Å². The maximum absolute atomic E-state index is 10.8. The van der Waals surface area contributed by atoms with E-state index in [1.807, 2.05) is 30.3 Å². The van der Waals surface area contributed by atoms with Crippen molar-refractivity contribution in [2.45, 2.75) is 19.4 Å². The van der Waals surface area contributed by atoms with Crippen molar-refractivity contribution in [2.24, 2.45) is 0 Å². The topological polar surface area (TPSA) is 78.8 Å². The zero-order valence-corrected chi connectivity index (χ0v) is 17.8. The third kappa shape index (κ3) is 7.77. The van der Waals surface area contributed by atoms with Gasteiger partial charge in [0.2, 0.25) is 0 Å². The van der Waals surface area contributed by atoms with Crippen molar-refractivity contribution in [3.8, 4) is 16.9 Å². The maximum Gasteiger partial charge on any atom is 0.325 e. The SMILES string of the molecule is O=P(O)(O)CCCNCc1ccc(-c2cccc(OCCc3ccccc3)c2)cc1. The summed E-state index contributed by atoms with van der Waals surface area (Å²) in [5.41, 5.74) is 4.62. The van der Waals surface area contributed by atoms with Gasteiger partial charge >= 0.3 is 7.60 Å². The van der Waals surface area contributed by atoms with Crippen LogP contribution in [0.25, 0.3) is 11.1 Å². The highest BCUT2D eigenvalue weighted by Crippen LogP contribution is 2.34. The van der Waals surface area contributed by atoms with Crippen LogP contribution in [-0.4, -0.2) is 29.1 Å². The molecule has 0 unspecified atom stereocenters. The molecule has 0 aliphatic carbocycles. The summed E-state index contributed by atoms with van der Waals surface area (Å²) in [6.07, 6.45) is 1.25. The van der Waals surface area contributed by atoms with Crippen molar-refractivity contribution in [2.75, 3.05) is 19.3 Å². The Balaban J connectivity index is 1.48. The summed E-state index contributed by atoms with van der Waals surface area (Å²) in [6.45, 7) is 1.89. The largest absolute Gasteiger partial charge is 0.493 e. The predicted octanol–water partition coefficient (Wildman–Crippen LogP) is 4.63. The lowest BCUT2D eigenvalue weighted by molar-refractivity contribution is 0.322. The highest BCUT2D eigenvalue weighted by Gasteiger charge is 2.11. The zero-order valence-electron chi connectivity index (χ0n) is 16.9. The highest BCUT2D eigenvalue weighted by molar-refractivity contribution is 7.51. The van der Waals surface area contributed by atoms with Crippen LogP contribution in [0.4, 0.5) is 0 Å². The summed E-state index contributed by atoms with van der Waals surface area (Å²) in [5.74, 6) is 0.860. The Labute approximate surface area is 177 Å². The molecule has 0 saturated carbocycles. The second-order valence-corrected chi connectivity index (χ2v) is 9.00. The van der Waals surface area contributed by atoms with Crippen LogP contribution in [-0.2, 0) is 17.5 Å². The number of hydrogen-bond acceptors (Lipinski definition) is 3. The van der Waals surface area contributed by atoms with Crippen LogP contribution in [0, 0.1) is 0 Å². The summed E-state index contributed by atoms with van der Waals surface area (Å²) in [4.78, 5) is 17.7. The first kappa shape index (κ1) is 22.3. The van der Waals surface area contributed by atoms with Crippen LogP contribution >= 0.6 is 7.60 Å². The maximum atomic E-state index is 10.8. The highest BCUT2D eigenvalue weighted by atomic mass is 31.2. The molecule has 0 atom stereocenters. The van der Waals surface area contributed by atoms with Gasteiger partial charge in [-0.2, -0.15) is 0 Å². The van der Waals surface area contributed by atoms with Gasteiger partial charge in [-0.1, -0.05) is 66.7 Å². The average molecular weight is 425 g/mol. The van der Waals surface area contributed by atoms with Gasteiger partial charge < -0.3 is 19.8 Å². The Bertz CT molecular complexity index is 954. The first-order valence-electron chi connectivity index (χ1n) is 10.1. The standard InChI is InChI=1S/C24H28NO4P/c26-30(27,28)17-5-15-25-19-21-10-12-22(13-11-21)23-8-4-9-24(18-23)29-16-14-20-6-2-1-3-7-20/h1-4,6-13,18,25H,5,14-17,19H2,(H2,26,27,28). The van der Waals surface area contributed by atoms with Gasteiger partial charge in [-0.15, -0.1) is 0 Å². The van der Waals surface area contributed by atoms with Crippen LogP contribution in [0.5, 0.6) is 5.75 Å². The zero-order chi connectivity index (χ0) is 21.2. The van der Waals surface area contributed by atoms with E-state index in [1.165, 1.54) is 5.56 Å². The number of nitrogens with one attached hydrogen (secondary N) is 1. The van der Waals surface area contributed by atoms with Crippen molar-refractivity contribution in [1.82, 2.24) is 5.32 Å². The lowest BCUT2D eigenvalue weighted by atomic mass is 10.0. The van der Waals surface area contributed by atoms with Gasteiger partial charge in [0.1, 0.15) is 5.75 Å². The Hall–Kier alpha value is -2.43. The molecule has 6 heteroatoms. The van der Waals surface area contributed by atoms with Crippen molar-refractivity contribution in [1.29, 1.82) is 0 Å². The number of hydrogen-bond donors (Lipinski definition) is 3. The fourth-order valence-electron chi connectivity index (χ4n) is 3.15. The molecular weight excluding hydrogens is 397 g/mol. The molecule has 3 aromatic rings. The molecule has 0 heterocycles. The molecule has 0 aliphatic heterocycles. The van der Waals surface area contributed by atoms with Gasteiger partial charge in [-0.3, -0.25) is 4.57 Å². The predicted molar refractivity (Wildman–Crippen MR) is 121 cm³/mol. The van der Waals surface area contributed by atoms with Crippen LogP contribution < -0.4 is 10.1 Å². The van der Waals surface area contributed by atoms with Crippen molar-refractivity contribution in [3.63, 3.8) is 0 Å². The van der Waals surface area contributed by atoms with Gasteiger partial charge in [0.15, 0.2) is 0 Å². The molecule has 0 saturated heterocycles. The monoisotopic (exact) mass is 425 g/mol. The van der Waals surface area contributed by atoms with Crippen LogP contribution in [0.15, 0.2) is 78.9 Å². The summed E-state index contributed by atoms with van der Waals surface area (Å²) in [6, 6.07) is 26.7. The molecule has 0 aliphatic rings. The van der Waals surface area contributed by atoms with E-state index in [0.717, 1.165) is 28.9 Å². The van der Waals surface area contributed by atoms with E-state index in [9.17, 15) is 4.57 Å². The Morgan fingerprint density at radius 1 is 0.833 bits per heavy atom. The first-order chi connectivity index (χ1) is 14.5. The fourth-order valence-corrected chi connectivity index (χ4v) is 3.72. The van der Waals surface area contributed by atoms with Gasteiger partial charge in [0, 0.05) is 13.0 Å². The molecule has 3 aromatic carbocycles. The van der Waals surface area contributed by atoms with E-state index in [0.29, 0.717) is 26.1 Å². The molecule has 3 N–H and O–H groups in total. The van der Waals surface area contributed by atoms with Crippen molar-refractivity contribution < 1.29 is 19.1 Å². The number of ether oxygens (including phenoxy) is 1. The van der Waals surface area contributed by atoms with Gasteiger partial charge in [-0.25, -0.2) is 0 Å². The molecule has 158 valence electrons. The quantitative estimate of drug-likeness (QED) is 0.308. The minimum absolute atomic E-state index is 0.0807. The van der Waals surface area contributed by atoms with Crippen LogP contribution in [0.1, 0.15) is 17.5 Å². The number of rotatable bonds is 11. The van der Waals surface area contributed by atoms with Crippen LogP contribution in [0.2, 0.25) is 0 Å². The van der Waals surface area contributed by atoms with E-state index in [2.05, 4.69) is 53.8 Å². The fraction of sp³-hybridized carbons (Fsp3) is 0.250. The third-order valence-corrected chi connectivity index (χ3v) is 5.65. The molecule has 0 fully saturated rings. The van der Waals surface area contributed by atoms with E-state index in [4.69, 9.17) is 14.5 Å². The second kappa shape index (κ2) is 11.1. The normalized spacial score (nSPS) is 11.4. The molecule has 0 aromatic heterocycles. The lowest BCUT2D eigenvalue weighted by Gasteiger charge is -2.10. The molecule has 0 radical (unpaired) electrons. The summed E-state index contributed by atoms with van der Waals surface area (Å²) >= 11 is 0. The summed E-state index contributed by atoms with van der Waals surface area (Å²) < 4.78 is 16.8. The molecule has 30 heavy (non-hydrogen) atoms. The Morgan fingerprint density at radius 2 is 1.60 bits per heavy atom. The number of benzene rings is 3. The molecule has 0 amide bonds.